The van der Waals surface area contributed by atoms with Gasteiger partial charge in [0.1, 0.15) is 6.04 Å². The zero-order valence-electron chi connectivity index (χ0n) is 13.0. The minimum Gasteiger partial charge on any atom is -0.467 e. The summed E-state index contributed by atoms with van der Waals surface area (Å²) in [6, 6.07) is 11.7. The predicted octanol–water partition coefficient (Wildman–Crippen LogP) is 3.73. The van der Waals surface area contributed by atoms with Crippen LogP contribution in [0, 0.1) is 0 Å². The molecule has 0 radical (unpaired) electrons. The van der Waals surface area contributed by atoms with Crippen molar-refractivity contribution < 1.29 is 14.3 Å². The number of hydrogen-bond acceptors (Lipinski definition) is 3. The quantitative estimate of drug-likeness (QED) is 0.763. The third kappa shape index (κ3) is 3.12. The Labute approximate surface area is 149 Å². The van der Waals surface area contributed by atoms with Gasteiger partial charge in [0, 0.05) is 18.0 Å². The van der Waals surface area contributed by atoms with E-state index in [0.717, 1.165) is 11.1 Å². The molecule has 0 saturated heterocycles. The maximum Gasteiger partial charge on any atom is 0.328 e. The van der Waals surface area contributed by atoms with Gasteiger partial charge >= 0.3 is 5.97 Å². The van der Waals surface area contributed by atoms with E-state index in [1.165, 1.54) is 18.1 Å². The second-order valence-electron chi connectivity index (χ2n) is 5.57. The van der Waals surface area contributed by atoms with Crippen LogP contribution in [0.5, 0.6) is 0 Å². The van der Waals surface area contributed by atoms with Crippen molar-refractivity contribution >= 4 is 35.1 Å². The van der Waals surface area contributed by atoms with Crippen LogP contribution < -0.4 is 0 Å². The molecule has 2 aromatic rings. The highest BCUT2D eigenvalue weighted by atomic mass is 35.5. The number of rotatable bonds is 2. The maximum atomic E-state index is 13.0. The second-order valence-corrected chi connectivity index (χ2v) is 6.41. The van der Waals surface area contributed by atoms with Crippen LogP contribution in [0.15, 0.2) is 42.5 Å². The second kappa shape index (κ2) is 6.83. The molecule has 1 unspecified atom stereocenters. The van der Waals surface area contributed by atoms with Gasteiger partial charge in [0.25, 0.3) is 5.91 Å². The van der Waals surface area contributed by atoms with E-state index >= 15 is 0 Å². The molecule has 0 bridgehead atoms. The first-order valence-corrected chi connectivity index (χ1v) is 8.17. The normalized spacial score (nSPS) is 16.5. The number of esters is 1. The van der Waals surface area contributed by atoms with Crippen molar-refractivity contribution in [1.82, 2.24) is 4.90 Å². The molecule has 2 aromatic carbocycles. The highest BCUT2D eigenvalue weighted by molar-refractivity contribution is 6.35. The minimum atomic E-state index is -0.688. The van der Waals surface area contributed by atoms with Gasteiger partial charge in [-0.1, -0.05) is 47.5 Å². The summed E-state index contributed by atoms with van der Waals surface area (Å²) in [5, 5.41) is 0.710. The Balaban J connectivity index is 2.01. The maximum absolute atomic E-state index is 13.0. The first kappa shape index (κ1) is 16.8. The summed E-state index contributed by atoms with van der Waals surface area (Å²) in [4.78, 5) is 26.7. The molecule has 1 atom stereocenters. The number of halogens is 2. The number of benzene rings is 2. The molecule has 0 aromatic heterocycles. The standard InChI is InChI=1S/C18H15Cl2NO3/c1-24-18(23)16-8-11-4-2-3-5-12(11)10-21(16)17(22)14-9-13(19)6-7-15(14)20/h2-7,9,16H,8,10H2,1H3. The summed E-state index contributed by atoms with van der Waals surface area (Å²) in [5.41, 5.74) is 2.32. The van der Waals surface area contributed by atoms with Gasteiger partial charge in [-0.25, -0.2) is 4.79 Å². The van der Waals surface area contributed by atoms with Gasteiger partial charge < -0.3 is 9.64 Å². The molecule has 0 spiro atoms. The number of amides is 1. The van der Waals surface area contributed by atoms with Crippen molar-refractivity contribution in [2.45, 2.75) is 19.0 Å². The van der Waals surface area contributed by atoms with Crippen molar-refractivity contribution in [2.24, 2.45) is 0 Å². The van der Waals surface area contributed by atoms with Crippen LogP contribution >= 0.6 is 23.2 Å². The average Bonchev–Trinajstić information content (AvgIpc) is 2.61. The fourth-order valence-corrected chi connectivity index (χ4v) is 3.27. The summed E-state index contributed by atoms with van der Waals surface area (Å²) >= 11 is 12.1. The SMILES string of the molecule is COC(=O)C1Cc2ccccc2CN1C(=O)c1cc(Cl)ccc1Cl. The Kier molecular flexibility index (Phi) is 4.78. The van der Waals surface area contributed by atoms with Gasteiger partial charge in [0.2, 0.25) is 0 Å². The van der Waals surface area contributed by atoms with Crippen LogP contribution in [0.25, 0.3) is 0 Å². The monoisotopic (exact) mass is 363 g/mol. The van der Waals surface area contributed by atoms with E-state index in [1.807, 2.05) is 24.3 Å². The Morgan fingerprint density at radius 1 is 1.12 bits per heavy atom. The van der Waals surface area contributed by atoms with E-state index in [-0.39, 0.29) is 11.5 Å². The van der Waals surface area contributed by atoms with E-state index < -0.39 is 12.0 Å². The summed E-state index contributed by atoms with van der Waals surface area (Å²) in [6.45, 7) is 0.317. The van der Waals surface area contributed by atoms with Gasteiger partial charge in [-0.05, 0) is 29.3 Å². The smallest absolute Gasteiger partial charge is 0.328 e. The molecule has 6 heteroatoms. The molecule has 24 heavy (non-hydrogen) atoms. The first-order valence-electron chi connectivity index (χ1n) is 7.42. The lowest BCUT2D eigenvalue weighted by molar-refractivity contribution is -0.146. The highest BCUT2D eigenvalue weighted by Gasteiger charge is 2.36. The zero-order chi connectivity index (χ0) is 17.3. The van der Waals surface area contributed by atoms with Crippen LogP contribution in [0.1, 0.15) is 21.5 Å². The molecule has 1 aliphatic heterocycles. The first-order chi connectivity index (χ1) is 11.5. The zero-order valence-corrected chi connectivity index (χ0v) is 14.5. The van der Waals surface area contributed by atoms with Gasteiger partial charge in [0.15, 0.2) is 0 Å². The van der Waals surface area contributed by atoms with Gasteiger partial charge in [-0.3, -0.25) is 4.79 Å². The number of ether oxygens (including phenoxy) is 1. The van der Waals surface area contributed by atoms with E-state index in [0.29, 0.717) is 23.0 Å². The lowest BCUT2D eigenvalue weighted by Crippen LogP contribution is -2.49. The Hall–Kier alpha value is -2.04. The molecule has 4 nitrogen and oxygen atoms in total. The predicted molar refractivity (Wildman–Crippen MR) is 92.3 cm³/mol. The fraction of sp³-hybridized carbons (Fsp3) is 0.222. The molecule has 1 heterocycles. The molecule has 0 saturated carbocycles. The molecule has 0 aliphatic carbocycles. The Morgan fingerprint density at radius 2 is 1.83 bits per heavy atom. The molecule has 3 rings (SSSR count). The van der Waals surface area contributed by atoms with Crippen LogP contribution in [0.3, 0.4) is 0 Å². The minimum absolute atomic E-state index is 0.275. The lowest BCUT2D eigenvalue weighted by atomic mass is 9.93. The largest absolute Gasteiger partial charge is 0.467 e. The van der Waals surface area contributed by atoms with Crippen LogP contribution in [0.4, 0.5) is 0 Å². The molecule has 0 fully saturated rings. The van der Waals surface area contributed by atoms with Gasteiger partial charge in [-0.2, -0.15) is 0 Å². The number of nitrogens with zero attached hydrogens (tertiary/aromatic N) is 1. The molecular formula is C18H15Cl2NO3. The third-order valence-electron chi connectivity index (χ3n) is 4.14. The van der Waals surface area contributed by atoms with Crippen LogP contribution in [-0.2, 0) is 22.5 Å². The summed E-state index contributed by atoms with van der Waals surface area (Å²) < 4.78 is 4.88. The van der Waals surface area contributed by atoms with Crippen LogP contribution in [0.2, 0.25) is 10.0 Å². The molecular weight excluding hydrogens is 349 g/mol. The Morgan fingerprint density at radius 3 is 2.54 bits per heavy atom. The molecule has 1 aliphatic rings. The molecule has 1 amide bonds. The van der Waals surface area contributed by atoms with E-state index in [9.17, 15) is 9.59 Å². The van der Waals surface area contributed by atoms with Crippen molar-refractivity contribution in [3.63, 3.8) is 0 Å². The van der Waals surface area contributed by atoms with Crippen molar-refractivity contribution in [3.8, 4) is 0 Å². The van der Waals surface area contributed by atoms with E-state index in [4.69, 9.17) is 27.9 Å². The molecule has 124 valence electrons. The van der Waals surface area contributed by atoms with Crippen molar-refractivity contribution in [1.29, 1.82) is 0 Å². The summed E-state index contributed by atoms with van der Waals surface area (Å²) in [6.07, 6.45) is 0.409. The van der Waals surface area contributed by atoms with Gasteiger partial charge in [0.05, 0.1) is 17.7 Å². The lowest BCUT2D eigenvalue weighted by Gasteiger charge is -2.35. The van der Waals surface area contributed by atoms with Crippen LogP contribution in [-0.4, -0.2) is 29.9 Å². The fourth-order valence-electron chi connectivity index (χ4n) is 2.90. The average molecular weight is 364 g/mol. The number of carbonyl (C=O) groups is 2. The van der Waals surface area contributed by atoms with E-state index in [2.05, 4.69) is 0 Å². The number of methoxy groups -OCH3 is 1. The number of carbonyl (C=O) groups excluding carboxylic acids is 2. The topological polar surface area (TPSA) is 46.6 Å². The summed E-state index contributed by atoms with van der Waals surface area (Å²) in [7, 11) is 1.32. The molecule has 0 N–H and O–H groups in total. The Bertz CT molecular complexity index is 807. The number of hydrogen-bond donors (Lipinski definition) is 0. The number of fused-ring (bicyclic) bond motifs is 1. The summed E-state index contributed by atoms with van der Waals surface area (Å²) in [5.74, 6) is -0.789. The van der Waals surface area contributed by atoms with Gasteiger partial charge in [-0.15, -0.1) is 0 Å². The van der Waals surface area contributed by atoms with Crippen molar-refractivity contribution in [3.05, 3.63) is 69.2 Å². The third-order valence-corrected chi connectivity index (χ3v) is 4.71. The highest BCUT2D eigenvalue weighted by Crippen LogP contribution is 2.28. The van der Waals surface area contributed by atoms with Crippen molar-refractivity contribution in [2.75, 3.05) is 7.11 Å². The van der Waals surface area contributed by atoms with E-state index in [1.54, 1.807) is 12.1 Å².